The van der Waals surface area contributed by atoms with Crippen molar-refractivity contribution in [3.05, 3.63) is 54.4 Å². The average molecular weight is 526 g/mol. The van der Waals surface area contributed by atoms with Crippen molar-refractivity contribution in [2.75, 3.05) is 54.9 Å². The van der Waals surface area contributed by atoms with E-state index in [4.69, 9.17) is 5.73 Å². The number of piperidine rings is 1. The van der Waals surface area contributed by atoms with Crippen molar-refractivity contribution in [3.8, 4) is 28.8 Å². The Morgan fingerprint density at radius 1 is 0.974 bits per heavy atom. The highest BCUT2D eigenvalue weighted by Gasteiger charge is 2.40. The van der Waals surface area contributed by atoms with Crippen molar-refractivity contribution in [3.63, 3.8) is 0 Å². The number of nitrogen functional groups attached to an aromatic ring is 1. The first-order chi connectivity index (χ1) is 19.1. The summed E-state index contributed by atoms with van der Waals surface area (Å²) in [5.74, 6) is 7.60. The second kappa shape index (κ2) is 11.1. The molecule has 4 N–H and O–H groups in total. The Kier molecular flexibility index (Phi) is 7.22. The number of piperazine rings is 1. The Morgan fingerprint density at radius 2 is 1.74 bits per heavy atom. The van der Waals surface area contributed by atoms with Crippen molar-refractivity contribution >= 4 is 17.2 Å². The van der Waals surface area contributed by atoms with E-state index in [-0.39, 0.29) is 5.75 Å². The molecular formula is C30H35N7O2. The second-order valence-electron chi connectivity index (χ2n) is 10.8. The summed E-state index contributed by atoms with van der Waals surface area (Å²) in [6.45, 7) is 4.68. The van der Waals surface area contributed by atoms with Crippen LogP contribution in [0.3, 0.4) is 0 Å². The molecule has 9 heteroatoms. The van der Waals surface area contributed by atoms with E-state index in [0.717, 1.165) is 69.8 Å². The summed E-state index contributed by atoms with van der Waals surface area (Å²) in [7, 11) is 0. The molecule has 2 bridgehead atoms. The number of anilines is 3. The number of phenols is 1. The third-order valence-electron chi connectivity index (χ3n) is 8.33. The first-order valence-corrected chi connectivity index (χ1v) is 13.8. The normalized spacial score (nSPS) is 21.6. The van der Waals surface area contributed by atoms with E-state index in [0.29, 0.717) is 41.7 Å². The van der Waals surface area contributed by atoms with Crippen LogP contribution in [0.2, 0.25) is 0 Å². The molecule has 5 heterocycles. The van der Waals surface area contributed by atoms with Gasteiger partial charge >= 0.3 is 0 Å². The number of fused-ring (bicyclic) bond motifs is 2. The molecule has 202 valence electrons. The molecule has 3 fully saturated rings. The average Bonchev–Trinajstić information content (AvgIpc) is 3.23. The van der Waals surface area contributed by atoms with Crippen LogP contribution in [0.1, 0.15) is 31.4 Å². The molecule has 2 unspecified atom stereocenters. The number of pyridine rings is 1. The van der Waals surface area contributed by atoms with Crippen LogP contribution in [-0.2, 0) is 0 Å². The summed E-state index contributed by atoms with van der Waals surface area (Å²) in [6.07, 6.45) is 6.16. The van der Waals surface area contributed by atoms with Gasteiger partial charge in [-0.25, -0.2) is 4.98 Å². The van der Waals surface area contributed by atoms with Crippen molar-refractivity contribution in [2.24, 2.45) is 5.92 Å². The van der Waals surface area contributed by atoms with Gasteiger partial charge in [0.25, 0.3) is 0 Å². The number of aliphatic hydroxyl groups is 1. The first kappa shape index (κ1) is 25.4. The van der Waals surface area contributed by atoms with E-state index >= 15 is 0 Å². The number of phenolic OH excluding ortho intramolecular Hbond substituents is 1. The predicted octanol–water partition coefficient (Wildman–Crippen LogP) is 2.74. The molecule has 0 amide bonds. The van der Waals surface area contributed by atoms with E-state index in [2.05, 4.69) is 53.9 Å². The number of aromatic nitrogens is 3. The van der Waals surface area contributed by atoms with Crippen LogP contribution in [0.4, 0.5) is 17.2 Å². The lowest BCUT2D eigenvalue weighted by Crippen LogP contribution is -2.54. The van der Waals surface area contributed by atoms with Gasteiger partial charge in [0, 0.05) is 49.2 Å². The van der Waals surface area contributed by atoms with Gasteiger partial charge in [0.2, 0.25) is 0 Å². The highest BCUT2D eigenvalue weighted by Crippen LogP contribution is 2.39. The van der Waals surface area contributed by atoms with E-state index in [1.54, 1.807) is 12.1 Å². The molecule has 3 saturated heterocycles. The minimum Gasteiger partial charge on any atom is -0.507 e. The molecular weight excluding hydrogens is 490 g/mol. The zero-order valence-electron chi connectivity index (χ0n) is 22.1. The molecule has 2 atom stereocenters. The lowest BCUT2D eigenvalue weighted by molar-refractivity contribution is 0.140. The Hall–Kier alpha value is -3.87. The van der Waals surface area contributed by atoms with Crippen LogP contribution < -0.4 is 15.5 Å². The molecule has 2 aromatic heterocycles. The topological polar surface area (TPSA) is 115 Å². The summed E-state index contributed by atoms with van der Waals surface area (Å²) >= 11 is 0. The fourth-order valence-corrected chi connectivity index (χ4v) is 6.21. The molecule has 0 radical (unpaired) electrons. The van der Waals surface area contributed by atoms with E-state index in [1.165, 1.54) is 5.69 Å². The summed E-state index contributed by atoms with van der Waals surface area (Å²) < 4.78 is 0. The van der Waals surface area contributed by atoms with Gasteiger partial charge in [-0.05, 0) is 80.9 Å². The van der Waals surface area contributed by atoms with E-state index in [1.807, 2.05) is 24.4 Å². The van der Waals surface area contributed by atoms with Gasteiger partial charge < -0.3 is 25.7 Å². The largest absolute Gasteiger partial charge is 0.507 e. The van der Waals surface area contributed by atoms with Gasteiger partial charge in [0.1, 0.15) is 11.4 Å². The molecule has 1 aromatic carbocycles. The number of para-hydroxylation sites is 1. The highest BCUT2D eigenvalue weighted by molar-refractivity contribution is 5.74. The van der Waals surface area contributed by atoms with Crippen LogP contribution in [0.5, 0.6) is 5.75 Å². The lowest BCUT2D eigenvalue weighted by atomic mass is 9.98. The molecule has 39 heavy (non-hydrogen) atoms. The molecule has 0 aliphatic carbocycles. The molecule has 3 aliphatic rings. The molecule has 3 aromatic rings. The molecule has 0 saturated carbocycles. The first-order valence-electron chi connectivity index (χ1n) is 13.8. The zero-order valence-corrected chi connectivity index (χ0v) is 22.1. The van der Waals surface area contributed by atoms with Gasteiger partial charge in [-0.3, -0.25) is 4.90 Å². The number of rotatable bonds is 5. The van der Waals surface area contributed by atoms with Gasteiger partial charge in [-0.15, -0.1) is 10.2 Å². The van der Waals surface area contributed by atoms with Gasteiger partial charge in [0.05, 0.1) is 17.9 Å². The summed E-state index contributed by atoms with van der Waals surface area (Å²) in [5, 5.41) is 28.1. The molecule has 3 aliphatic heterocycles. The van der Waals surface area contributed by atoms with Crippen LogP contribution in [-0.4, -0.2) is 81.7 Å². The lowest BCUT2D eigenvalue weighted by Gasteiger charge is -2.43. The Balaban J connectivity index is 1.15. The second-order valence-corrected chi connectivity index (χ2v) is 10.8. The molecule has 0 spiro atoms. The number of hydrogen-bond acceptors (Lipinski definition) is 9. The van der Waals surface area contributed by atoms with Crippen LogP contribution in [0.15, 0.2) is 48.7 Å². The van der Waals surface area contributed by atoms with Gasteiger partial charge in [-0.1, -0.05) is 18.1 Å². The minimum absolute atomic E-state index is 0.176. The van der Waals surface area contributed by atoms with Crippen LogP contribution >= 0.6 is 0 Å². The van der Waals surface area contributed by atoms with Crippen LogP contribution in [0.25, 0.3) is 11.3 Å². The number of aliphatic hydroxyl groups excluding tert-OH is 1. The van der Waals surface area contributed by atoms with Crippen molar-refractivity contribution in [1.29, 1.82) is 0 Å². The maximum Gasteiger partial charge on any atom is 0.169 e. The fraction of sp³-hybridized carbons (Fsp3) is 0.433. The van der Waals surface area contributed by atoms with Gasteiger partial charge in [0.15, 0.2) is 5.82 Å². The van der Waals surface area contributed by atoms with E-state index in [9.17, 15) is 10.2 Å². The Bertz CT molecular complexity index is 1360. The Morgan fingerprint density at radius 3 is 2.49 bits per heavy atom. The number of nitrogens with two attached hydrogens (primary N) is 1. The third kappa shape index (κ3) is 5.35. The fourth-order valence-electron chi connectivity index (χ4n) is 6.21. The summed E-state index contributed by atoms with van der Waals surface area (Å²) in [4.78, 5) is 11.7. The Labute approximate surface area is 229 Å². The number of likely N-dealkylation sites (tertiary alicyclic amines) is 1. The van der Waals surface area contributed by atoms with Gasteiger partial charge in [-0.2, -0.15) is 0 Å². The SMILES string of the molecule is Nc1nnc(-c2ccccc2O)cc1N1CC2CCC(C1)N2c1ccnc(C#CCN2CCC(CO)CC2)c1. The number of nitrogens with zero attached hydrogens (tertiary/aromatic N) is 6. The van der Waals surface area contributed by atoms with Crippen molar-refractivity contribution < 1.29 is 10.2 Å². The number of aromatic hydroxyl groups is 1. The zero-order chi connectivity index (χ0) is 26.8. The van der Waals surface area contributed by atoms with Crippen molar-refractivity contribution in [2.45, 2.75) is 37.8 Å². The number of hydrogen-bond donors (Lipinski definition) is 3. The van der Waals surface area contributed by atoms with Crippen LogP contribution in [0, 0.1) is 17.8 Å². The quantitative estimate of drug-likeness (QED) is 0.433. The summed E-state index contributed by atoms with van der Waals surface area (Å²) in [5.41, 5.74) is 10.4. The maximum atomic E-state index is 10.3. The number of benzene rings is 1. The molecule has 6 rings (SSSR count). The third-order valence-corrected chi connectivity index (χ3v) is 8.33. The minimum atomic E-state index is 0.176. The predicted molar refractivity (Wildman–Crippen MR) is 152 cm³/mol. The standard InChI is InChI=1S/C30H35N7O2/c31-30-28(17-27(33-34-30)26-5-1-2-6-29(26)39)36-18-24-7-8-25(19-36)37(24)23-9-12-32-22(16-23)4-3-13-35-14-10-21(20-38)11-15-35/h1-2,5-6,9,12,16-17,21,24-25,38-39H,7-8,10-11,13-15,18-20H2,(H2,31,34). The smallest absolute Gasteiger partial charge is 0.169 e. The summed E-state index contributed by atoms with van der Waals surface area (Å²) in [6, 6.07) is 14.0. The monoisotopic (exact) mass is 525 g/mol. The molecule has 9 nitrogen and oxygen atoms in total. The maximum absolute atomic E-state index is 10.3. The van der Waals surface area contributed by atoms with Crippen molar-refractivity contribution in [1.82, 2.24) is 20.1 Å². The highest BCUT2D eigenvalue weighted by atomic mass is 16.3. The van der Waals surface area contributed by atoms with E-state index < -0.39 is 0 Å².